The number of nitrogens with two attached hydrogens (primary N) is 1. The molecule has 2 rings (SSSR count). The van der Waals surface area contributed by atoms with Crippen LogP contribution in [-0.2, 0) is 11.2 Å². The summed E-state index contributed by atoms with van der Waals surface area (Å²) in [4.78, 5) is 14.0. The number of rotatable bonds is 6. The Hall–Kier alpha value is -1.35. The first-order valence-electron chi connectivity index (χ1n) is 7.21. The normalized spacial score (nSPS) is 16.7. The fourth-order valence-electron chi connectivity index (χ4n) is 2.53. The van der Waals surface area contributed by atoms with Gasteiger partial charge in [-0.2, -0.15) is 0 Å². The van der Waals surface area contributed by atoms with E-state index < -0.39 is 0 Å². The fourth-order valence-corrected chi connectivity index (χ4v) is 2.53. The van der Waals surface area contributed by atoms with E-state index in [1.165, 1.54) is 24.8 Å². The minimum Gasteiger partial charge on any atom is -0.344 e. The number of amides is 1. The van der Waals surface area contributed by atoms with Gasteiger partial charge in [-0.15, -0.1) is 0 Å². The van der Waals surface area contributed by atoms with Crippen molar-refractivity contribution >= 4 is 5.91 Å². The van der Waals surface area contributed by atoms with Crippen LogP contribution in [0.5, 0.6) is 0 Å². The third-order valence-electron chi connectivity index (χ3n) is 4.04. The number of carbonyl (C=O) groups is 1. The molecule has 0 aliphatic heterocycles. The Labute approximate surface area is 115 Å². The Morgan fingerprint density at radius 3 is 2.63 bits per heavy atom. The van der Waals surface area contributed by atoms with Crippen molar-refractivity contribution in [2.45, 2.75) is 38.1 Å². The lowest BCUT2D eigenvalue weighted by Gasteiger charge is -2.31. The van der Waals surface area contributed by atoms with Crippen molar-refractivity contribution in [2.75, 3.05) is 13.6 Å². The second kappa shape index (κ2) is 6.71. The zero-order valence-electron chi connectivity index (χ0n) is 11.7. The van der Waals surface area contributed by atoms with E-state index in [-0.39, 0.29) is 11.9 Å². The first-order valence-corrected chi connectivity index (χ1v) is 7.21. The van der Waals surface area contributed by atoms with Gasteiger partial charge in [0.05, 0.1) is 6.04 Å². The third kappa shape index (κ3) is 4.06. The van der Waals surface area contributed by atoms with E-state index in [1.54, 1.807) is 0 Å². The van der Waals surface area contributed by atoms with Crippen LogP contribution in [0.15, 0.2) is 30.3 Å². The number of carbonyl (C=O) groups excluding carboxylic acids is 1. The molecule has 0 heterocycles. The fraction of sp³-hybridized carbons (Fsp3) is 0.562. The molecule has 0 saturated heterocycles. The van der Waals surface area contributed by atoms with Crippen molar-refractivity contribution in [2.24, 2.45) is 11.7 Å². The van der Waals surface area contributed by atoms with Crippen LogP contribution in [0.4, 0.5) is 0 Å². The summed E-state index contributed by atoms with van der Waals surface area (Å²) in [5.41, 5.74) is 7.25. The van der Waals surface area contributed by atoms with Gasteiger partial charge >= 0.3 is 0 Å². The Kier molecular flexibility index (Phi) is 4.97. The van der Waals surface area contributed by atoms with Gasteiger partial charge in [-0.1, -0.05) is 36.8 Å². The van der Waals surface area contributed by atoms with Crippen LogP contribution in [0.2, 0.25) is 0 Å². The molecule has 1 unspecified atom stereocenters. The van der Waals surface area contributed by atoms with E-state index in [1.807, 2.05) is 30.1 Å². The number of benzene rings is 1. The molecule has 3 nitrogen and oxygen atoms in total. The summed E-state index contributed by atoms with van der Waals surface area (Å²) in [6.07, 6.45) is 5.42. The molecule has 104 valence electrons. The Bertz CT molecular complexity index is 400. The zero-order valence-corrected chi connectivity index (χ0v) is 11.7. The number of nitrogens with zero attached hydrogens (tertiary/aromatic N) is 1. The molecular formula is C16H24N2O. The van der Waals surface area contributed by atoms with Crippen LogP contribution in [0, 0.1) is 5.92 Å². The van der Waals surface area contributed by atoms with Gasteiger partial charge in [0.1, 0.15) is 0 Å². The van der Waals surface area contributed by atoms with Crippen molar-refractivity contribution in [3.05, 3.63) is 35.9 Å². The maximum absolute atomic E-state index is 12.1. The molecule has 1 aliphatic carbocycles. The highest BCUT2D eigenvalue weighted by atomic mass is 16.2. The second-order valence-electron chi connectivity index (χ2n) is 5.65. The van der Waals surface area contributed by atoms with Crippen molar-refractivity contribution in [3.8, 4) is 0 Å². The molecule has 1 aromatic rings. The van der Waals surface area contributed by atoms with Gasteiger partial charge in [0.15, 0.2) is 0 Å². The molecule has 3 heteroatoms. The van der Waals surface area contributed by atoms with Crippen molar-refractivity contribution in [1.82, 2.24) is 4.90 Å². The Morgan fingerprint density at radius 2 is 2.05 bits per heavy atom. The number of hydrogen-bond acceptors (Lipinski definition) is 2. The monoisotopic (exact) mass is 260 g/mol. The Balaban J connectivity index is 1.75. The highest BCUT2D eigenvalue weighted by Gasteiger charge is 2.24. The molecular weight excluding hydrogens is 236 g/mol. The number of likely N-dealkylation sites (N-methyl/N-ethyl adjacent to an activating group) is 1. The summed E-state index contributed by atoms with van der Waals surface area (Å²) < 4.78 is 0. The summed E-state index contributed by atoms with van der Waals surface area (Å²) in [5.74, 6) is 0.790. The van der Waals surface area contributed by atoms with E-state index in [4.69, 9.17) is 5.73 Å². The van der Waals surface area contributed by atoms with Gasteiger partial charge in [-0.25, -0.2) is 0 Å². The molecule has 0 aromatic heterocycles. The first-order chi connectivity index (χ1) is 9.16. The molecule has 1 atom stereocenters. The average molecular weight is 260 g/mol. The summed E-state index contributed by atoms with van der Waals surface area (Å²) in [6, 6.07) is 9.83. The molecule has 1 fully saturated rings. The predicted molar refractivity (Wildman–Crippen MR) is 77.7 cm³/mol. The highest BCUT2D eigenvalue weighted by Crippen LogP contribution is 2.26. The average Bonchev–Trinajstić information content (AvgIpc) is 2.40. The number of aryl methyl sites for hydroxylation is 1. The molecule has 0 bridgehead atoms. The lowest BCUT2D eigenvalue weighted by atomic mass is 9.85. The van der Waals surface area contributed by atoms with Crippen molar-refractivity contribution in [1.29, 1.82) is 0 Å². The van der Waals surface area contributed by atoms with Crippen LogP contribution >= 0.6 is 0 Å². The molecule has 0 radical (unpaired) electrons. The van der Waals surface area contributed by atoms with E-state index in [2.05, 4.69) is 12.1 Å². The van der Waals surface area contributed by atoms with Gasteiger partial charge in [-0.3, -0.25) is 4.79 Å². The topological polar surface area (TPSA) is 46.3 Å². The highest BCUT2D eigenvalue weighted by molar-refractivity contribution is 5.81. The van der Waals surface area contributed by atoms with Crippen LogP contribution in [0.25, 0.3) is 0 Å². The maximum atomic E-state index is 12.1. The molecule has 19 heavy (non-hydrogen) atoms. The van der Waals surface area contributed by atoms with Crippen molar-refractivity contribution in [3.63, 3.8) is 0 Å². The smallest absolute Gasteiger partial charge is 0.239 e. The molecule has 0 spiro atoms. The lowest BCUT2D eigenvalue weighted by Crippen LogP contribution is -2.44. The second-order valence-corrected chi connectivity index (χ2v) is 5.65. The molecule has 1 amide bonds. The largest absolute Gasteiger partial charge is 0.344 e. The van der Waals surface area contributed by atoms with E-state index in [9.17, 15) is 4.79 Å². The summed E-state index contributed by atoms with van der Waals surface area (Å²) in [5, 5.41) is 0. The van der Waals surface area contributed by atoms with E-state index in [0.29, 0.717) is 5.92 Å². The Morgan fingerprint density at radius 1 is 1.37 bits per heavy atom. The summed E-state index contributed by atoms with van der Waals surface area (Å²) in [7, 11) is 1.88. The number of hydrogen-bond donors (Lipinski definition) is 1. The van der Waals surface area contributed by atoms with Crippen LogP contribution in [0.3, 0.4) is 0 Å². The predicted octanol–water partition coefficient (Wildman–Crippen LogP) is 2.21. The van der Waals surface area contributed by atoms with Gasteiger partial charge in [0.2, 0.25) is 5.91 Å². The first kappa shape index (κ1) is 14.1. The van der Waals surface area contributed by atoms with Crippen LogP contribution < -0.4 is 5.73 Å². The van der Waals surface area contributed by atoms with E-state index >= 15 is 0 Å². The third-order valence-corrected chi connectivity index (χ3v) is 4.04. The van der Waals surface area contributed by atoms with Crippen LogP contribution in [-0.4, -0.2) is 30.4 Å². The lowest BCUT2D eigenvalue weighted by molar-refractivity contribution is -0.132. The minimum atomic E-state index is -0.370. The van der Waals surface area contributed by atoms with Gasteiger partial charge in [-0.05, 0) is 37.2 Å². The maximum Gasteiger partial charge on any atom is 0.239 e. The summed E-state index contributed by atoms with van der Waals surface area (Å²) >= 11 is 0. The molecule has 1 aromatic carbocycles. The minimum absolute atomic E-state index is 0.0860. The molecule has 1 aliphatic rings. The van der Waals surface area contributed by atoms with E-state index in [0.717, 1.165) is 19.4 Å². The quantitative estimate of drug-likeness (QED) is 0.852. The van der Waals surface area contributed by atoms with Gasteiger partial charge < -0.3 is 10.6 Å². The van der Waals surface area contributed by atoms with Crippen LogP contribution in [0.1, 0.15) is 31.2 Å². The van der Waals surface area contributed by atoms with Gasteiger partial charge in [0.25, 0.3) is 0 Å². The standard InChI is InChI=1S/C16H24N2O/c1-18(12-14-8-5-9-14)16(19)15(17)11-10-13-6-3-2-4-7-13/h2-4,6-7,14-15H,5,8-12,17H2,1H3. The molecule has 1 saturated carbocycles. The summed E-state index contributed by atoms with van der Waals surface area (Å²) in [6.45, 7) is 0.873. The van der Waals surface area contributed by atoms with Gasteiger partial charge in [0, 0.05) is 13.6 Å². The van der Waals surface area contributed by atoms with Crippen molar-refractivity contribution < 1.29 is 4.79 Å². The molecule has 2 N–H and O–H groups in total. The zero-order chi connectivity index (χ0) is 13.7. The SMILES string of the molecule is CN(CC1CCC1)C(=O)C(N)CCc1ccccc1.